The number of hydrogen-bond donors (Lipinski definition) is 1. The SMILES string of the molecule is NCCN1CCC2(CCOCC2)OC1=O. The van der Waals surface area contributed by atoms with Crippen molar-refractivity contribution in [1.82, 2.24) is 4.90 Å². The molecule has 2 saturated heterocycles. The summed E-state index contributed by atoms with van der Waals surface area (Å²) in [5, 5.41) is 0. The number of ether oxygens (including phenoxy) is 2. The standard InChI is InChI=1S/C10H18N2O3/c11-4-6-12-5-1-10(15-9(12)13)2-7-14-8-3-10/h1-8,11H2. The molecular weight excluding hydrogens is 196 g/mol. The largest absolute Gasteiger partial charge is 0.443 e. The average molecular weight is 214 g/mol. The Morgan fingerprint density at radius 3 is 2.67 bits per heavy atom. The molecular formula is C10H18N2O3. The summed E-state index contributed by atoms with van der Waals surface area (Å²) in [5.41, 5.74) is 5.17. The second kappa shape index (κ2) is 4.37. The third-order valence-corrected chi connectivity index (χ3v) is 3.20. The van der Waals surface area contributed by atoms with Crippen LogP contribution in [-0.4, -0.2) is 49.4 Å². The summed E-state index contributed by atoms with van der Waals surface area (Å²) < 4.78 is 10.8. The molecule has 0 aromatic carbocycles. The molecule has 1 amide bonds. The van der Waals surface area contributed by atoms with Gasteiger partial charge in [0.25, 0.3) is 0 Å². The summed E-state index contributed by atoms with van der Waals surface area (Å²) in [6.07, 6.45) is 2.35. The van der Waals surface area contributed by atoms with Crippen LogP contribution in [0.1, 0.15) is 19.3 Å². The van der Waals surface area contributed by atoms with Crippen LogP contribution in [0.3, 0.4) is 0 Å². The lowest BCUT2D eigenvalue weighted by Crippen LogP contribution is -2.52. The van der Waals surface area contributed by atoms with Crippen molar-refractivity contribution in [3.05, 3.63) is 0 Å². The van der Waals surface area contributed by atoms with E-state index in [0.717, 1.165) is 25.8 Å². The maximum absolute atomic E-state index is 11.7. The first-order valence-electron chi connectivity index (χ1n) is 5.51. The van der Waals surface area contributed by atoms with Crippen molar-refractivity contribution in [2.45, 2.75) is 24.9 Å². The average Bonchev–Trinajstić information content (AvgIpc) is 2.24. The van der Waals surface area contributed by atoms with Crippen molar-refractivity contribution in [2.75, 3.05) is 32.8 Å². The maximum Gasteiger partial charge on any atom is 0.410 e. The fourth-order valence-corrected chi connectivity index (χ4v) is 2.19. The molecule has 2 rings (SSSR count). The van der Waals surface area contributed by atoms with Crippen LogP contribution in [0.2, 0.25) is 0 Å². The minimum Gasteiger partial charge on any atom is -0.443 e. The summed E-state index contributed by atoms with van der Waals surface area (Å²) in [7, 11) is 0. The second-order valence-electron chi connectivity index (χ2n) is 4.19. The van der Waals surface area contributed by atoms with Gasteiger partial charge in [-0.25, -0.2) is 4.79 Å². The molecule has 5 nitrogen and oxygen atoms in total. The number of nitrogens with two attached hydrogens (primary N) is 1. The topological polar surface area (TPSA) is 64.8 Å². The van der Waals surface area contributed by atoms with Gasteiger partial charge in [-0.15, -0.1) is 0 Å². The van der Waals surface area contributed by atoms with Crippen molar-refractivity contribution >= 4 is 6.09 Å². The molecule has 2 aliphatic rings. The molecule has 0 atom stereocenters. The van der Waals surface area contributed by atoms with E-state index in [1.807, 2.05) is 0 Å². The van der Waals surface area contributed by atoms with E-state index in [-0.39, 0.29) is 11.7 Å². The molecule has 0 aromatic heterocycles. The van der Waals surface area contributed by atoms with Crippen molar-refractivity contribution < 1.29 is 14.3 Å². The number of carbonyl (C=O) groups is 1. The normalized spacial score (nSPS) is 25.4. The Kier molecular flexibility index (Phi) is 3.11. The van der Waals surface area contributed by atoms with Crippen LogP contribution >= 0.6 is 0 Å². The molecule has 0 aromatic rings. The highest BCUT2D eigenvalue weighted by atomic mass is 16.6. The molecule has 0 unspecified atom stereocenters. The Morgan fingerprint density at radius 1 is 1.33 bits per heavy atom. The lowest BCUT2D eigenvalue weighted by Gasteiger charge is -2.43. The van der Waals surface area contributed by atoms with Gasteiger partial charge >= 0.3 is 6.09 Å². The van der Waals surface area contributed by atoms with Gasteiger partial charge in [-0.1, -0.05) is 0 Å². The van der Waals surface area contributed by atoms with Gasteiger partial charge in [-0.3, -0.25) is 0 Å². The number of amides is 1. The summed E-state index contributed by atoms with van der Waals surface area (Å²) in [6.45, 7) is 3.24. The van der Waals surface area contributed by atoms with Crippen LogP contribution in [0.4, 0.5) is 4.79 Å². The number of rotatable bonds is 2. The van der Waals surface area contributed by atoms with Crippen molar-refractivity contribution in [3.63, 3.8) is 0 Å². The quantitative estimate of drug-likeness (QED) is 0.719. The minimum absolute atomic E-state index is 0.214. The molecule has 2 aliphatic heterocycles. The molecule has 1 spiro atoms. The highest BCUT2D eigenvalue weighted by Gasteiger charge is 2.41. The predicted molar refractivity (Wildman–Crippen MR) is 54.5 cm³/mol. The zero-order chi connectivity index (χ0) is 10.7. The van der Waals surface area contributed by atoms with E-state index in [1.54, 1.807) is 4.90 Å². The van der Waals surface area contributed by atoms with E-state index >= 15 is 0 Å². The van der Waals surface area contributed by atoms with Gasteiger partial charge in [0, 0.05) is 38.9 Å². The summed E-state index contributed by atoms with van der Waals surface area (Å²) >= 11 is 0. The fourth-order valence-electron chi connectivity index (χ4n) is 2.19. The van der Waals surface area contributed by atoms with Crippen LogP contribution in [0.25, 0.3) is 0 Å². The highest BCUT2D eigenvalue weighted by Crippen LogP contribution is 2.32. The van der Waals surface area contributed by atoms with E-state index in [4.69, 9.17) is 15.2 Å². The Bertz CT molecular complexity index is 239. The van der Waals surface area contributed by atoms with E-state index in [2.05, 4.69) is 0 Å². The van der Waals surface area contributed by atoms with Crippen LogP contribution in [0, 0.1) is 0 Å². The minimum atomic E-state index is -0.250. The van der Waals surface area contributed by atoms with Gasteiger partial charge in [-0.2, -0.15) is 0 Å². The lowest BCUT2D eigenvalue weighted by atomic mass is 9.89. The van der Waals surface area contributed by atoms with Gasteiger partial charge in [-0.05, 0) is 0 Å². The summed E-state index contributed by atoms with van der Waals surface area (Å²) in [5.74, 6) is 0. The molecule has 0 aliphatic carbocycles. The first kappa shape index (κ1) is 10.7. The molecule has 2 N–H and O–H groups in total. The summed E-state index contributed by atoms with van der Waals surface area (Å²) in [6, 6.07) is 0. The molecule has 2 fully saturated rings. The van der Waals surface area contributed by atoms with Crippen molar-refractivity contribution in [3.8, 4) is 0 Å². The monoisotopic (exact) mass is 214 g/mol. The summed E-state index contributed by atoms with van der Waals surface area (Å²) in [4.78, 5) is 13.3. The molecule has 86 valence electrons. The Balaban J connectivity index is 1.94. The Labute approximate surface area is 89.5 Å². The zero-order valence-corrected chi connectivity index (χ0v) is 8.91. The predicted octanol–water partition coefficient (Wildman–Crippen LogP) is 0.337. The second-order valence-corrected chi connectivity index (χ2v) is 4.19. The molecule has 0 saturated carbocycles. The van der Waals surface area contributed by atoms with Crippen molar-refractivity contribution in [1.29, 1.82) is 0 Å². The number of nitrogens with zero attached hydrogens (tertiary/aromatic N) is 1. The number of hydrogen-bond acceptors (Lipinski definition) is 4. The fraction of sp³-hybridized carbons (Fsp3) is 0.900. The van der Waals surface area contributed by atoms with Crippen LogP contribution in [-0.2, 0) is 9.47 Å². The first-order chi connectivity index (χ1) is 7.26. The first-order valence-corrected chi connectivity index (χ1v) is 5.51. The highest BCUT2D eigenvalue weighted by molar-refractivity contribution is 5.69. The Morgan fingerprint density at radius 2 is 2.07 bits per heavy atom. The third-order valence-electron chi connectivity index (χ3n) is 3.20. The molecule has 0 bridgehead atoms. The van der Waals surface area contributed by atoms with Crippen molar-refractivity contribution in [2.24, 2.45) is 5.73 Å². The maximum atomic E-state index is 11.7. The number of carbonyl (C=O) groups excluding carboxylic acids is 1. The van der Waals surface area contributed by atoms with Crippen LogP contribution in [0.5, 0.6) is 0 Å². The van der Waals surface area contributed by atoms with Gasteiger partial charge in [0.1, 0.15) is 5.60 Å². The molecule has 0 radical (unpaired) electrons. The van der Waals surface area contributed by atoms with E-state index in [0.29, 0.717) is 26.3 Å². The van der Waals surface area contributed by atoms with E-state index < -0.39 is 0 Å². The van der Waals surface area contributed by atoms with E-state index in [1.165, 1.54) is 0 Å². The third kappa shape index (κ3) is 2.23. The van der Waals surface area contributed by atoms with Gasteiger partial charge < -0.3 is 20.1 Å². The Hall–Kier alpha value is -0.810. The smallest absolute Gasteiger partial charge is 0.410 e. The van der Waals surface area contributed by atoms with Gasteiger partial charge in [0.05, 0.1) is 13.2 Å². The van der Waals surface area contributed by atoms with Gasteiger partial charge in [0.2, 0.25) is 0 Å². The lowest BCUT2D eigenvalue weighted by molar-refractivity contribution is -0.105. The van der Waals surface area contributed by atoms with Crippen LogP contribution in [0.15, 0.2) is 0 Å². The molecule has 2 heterocycles. The zero-order valence-electron chi connectivity index (χ0n) is 8.91. The van der Waals surface area contributed by atoms with Gasteiger partial charge in [0.15, 0.2) is 0 Å². The van der Waals surface area contributed by atoms with E-state index in [9.17, 15) is 4.79 Å². The molecule has 15 heavy (non-hydrogen) atoms. The van der Waals surface area contributed by atoms with Crippen LogP contribution < -0.4 is 5.73 Å². The molecule has 5 heteroatoms.